The molecule has 2 heterocycles. The van der Waals surface area contributed by atoms with E-state index >= 15 is 0 Å². The lowest BCUT2D eigenvalue weighted by Crippen LogP contribution is -2.40. The molecule has 2 saturated carbocycles. The molecule has 0 bridgehead atoms. The van der Waals surface area contributed by atoms with Crippen molar-refractivity contribution >= 4 is 38.9 Å². The number of fused-ring (bicyclic) bond motifs is 1. The predicted molar refractivity (Wildman–Crippen MR) is 157 cm³/mol. The first-order valence-corrected chi connectivity index (χ1v) is 16.1. The maximum absolute atomic E-state index is 13.7. The van der Waals surface area contributed by atoms with Crippen molar-refractivity contribution in [3.05, 3.63) is 47.5 Å². The molecule has 0 radical (unpaired) electrons. The van der Waals surface area contributed by atoms with Gasteiger partial charge in [0.2, 0.25) is 15.9 Å². The fourth-order valence-corrected chi connectivity index (χ4v) is 8.09. The van der Waals surface area contributed by atoms with Crippen LogP contribution in [0, 0.1) is 5.41 Å². The molecule has 6 rings (SSSR count). The fraction of sp³-hybridized carbons (Fsp3) is 0.548. The van der Waals surface area contributed by atoms with Gasteiger partial charge in [0.05, 0.1) is 22.6 Å². The Labute approximate surface area is 237 Å². The normalized spacial score (nSPS) is 20.7. The van der Waals surface area contributed by atoms with Gasteiger partial charge in [0.1, 0.15) is 0 Å². The van der Waals surface area contributed by atoms with Gasteiger partial charge in [-0.1, -0.05) is 18.9 Å². The van der Waals surface area contributed by atoms with Gasteiger partial charge in [-0.05, 0) is 101 Å². The van der Waals surface area contributed by atoms with Crippen LogP contribution < -0.4 is 19.8 Å². The number of nitrogens with zero attached hydrogens (tertiary/aromatic N) is 2. The van der Waals surface area contributed by atoms with E-state index < -0.39 is 15.6 Å². The number of hydrogen-bond acceptors (Lipinski definition) is 5. The van der Waals surface area contributed by atoms with Gasteiger partial charge in [-0.25, -0.2) is 13.1 Å². The summed E-state index contributed by atoms with van der Waals surface area (Å²) in [4.78, 5) is 30.8. The van der Waals surface area contributed by atoms with Gasteiger partial charge in [0.15, 0.2) is 0 Å². The van der Waals surface area contributed by atoms with Crippen LogP contribution in [0.15, 0.2) is 41.3 Å². The lowest BCUT2D eigenvalue weighted by atomic mass is 9.93. The predicted octanol–water partition coefficient (Wildman–Crippen LogP) is 5.23. The van der Waals surface area contributed by atoms with E-state index in [1.165, 1.54) is 18.9 Å². The van der Waals surface area contributed by atoms with Crippen LogP contribution in [-0.2, 0) is 21.2 Å². The van der Waals surface area contributed by atoms with E-state index in [0.29, 0.717) is 28.8 Å². The maximum atomic E-state index is 13.7. The summed E-state index contributed by atoms with van der Waals surface area (Å²) in [6.45, 7) is 7.03. The topological polar surface area (TPSA) is 98.8 Å². The molecule has 2 amide bonds. The number of sulfonamides is 1. The van der Waals surface area contributed by atoms with Crippen molar-refractivity contribution in [2.75, 3.05) is 28.2 Å². The number of nitrogens with one attached hydrogen (secondary N) is 2. The second kappa shape index (κ2) is 9.87. The lowest BCUT2D eigenvalue weighted by Gasteiger charge is -2.35. The molecule has 1 saturated heterocycles. The van der Waals surface area contributed by atoms with Crippen molar-refractivity contribution in [2.45, 2.75) is 95.0 Å². The van der Waals surface area contributed by atoms with Crippen LogP contribution in [0.25, 0.3) is 0 Å². The second-order valence-electron chi connectivity index (χ2n) is 13.2. The molecule has 9 heteroatoms. The molecule has 1 spiro atoms. The lowest BCUT2D eigenvalue weighted by molar-refractivity contribution is -0.117. The van der Waals surface area contributed by atoms with Crippen molar-refractivity contribution in [2.24, 2.45) is 5.41 Å². The van der Waals surface area contributed by atoms with E-state index in [1.807, 2.05) is 43.9 Å². The minimum absolute atomic E-state index is 0.131. The van der Waals surface area contributed by atoms with Gasteiger partial charge in [-0.3, -0.25) is 9.59 Å². The summed E-state index contributed by atoms with van der Waals surface area (Å²) in [6, 6.07) is 10.7. The van der Waals surface area contributed by atoms with E-state index in [0.717, 1.165) is 62.9 Å². The smallest absolute Gasteiger partial charge is 0.257 e. The van der Waals surface area contributed by atoms with Crippen LogP contribution in [0.1, 0.15) is 88.1 Å². The summed E-state index contributed by atoms with van der Waals surface area (Å²) in [5.41, 5.74) is 3.45. The van der Waals surface area contributed by atoms with Crippen molar-refractivity contribution in [3.8, 4) is 0 Å². The molecule has 0 unspecified atom stereocenters. The Kier molecular flexibility index (Phi) is 6.73. The average Bonchev–Trinajstić information content (AvgIpc) is 3.27. The first kappa shape index (κ1) is 27.3. The molecule has 8 nitrogen and oxygen atoms in total. The zero-order valence-corrected chi connectivity index (χ0v) is 24.6. The molecule has 2 aromatic rings. The number of rotatable bonds is 6. The Morgan fingerprint density at radius 3 is 2.30 bits per heavy atom. The van der Waals surface area contributed by atoms with Crippen molar-refractivity contribution in [3.63, 3.8) is 0 Å². The second-order valence-corrected chi connectivity index (χ2v) is 14.9. The Balaban J connectivity index is 1.29. The van der Waals surface area contributed by atoms with Crippen molar-refractivity contribution in [1.29, 1.82) is 0 Å². The van der Waals surface area contributed by atoms with Gasteiger partial charge in [0, 0.05) is 36.0 Å². The number of amides is 2. The number of benzene rings is 2. The van der Waals surface area contributed by atoms with E-state index in [4.69, 9.17) is 0 Å². The monoisotopic (exact) mass is 564 g/mol. The summed E-state index contributed by atoms with van der Waals surface area (Å²) in [7, 11) is -3.76. The van der Waals surface area contributed by atoms with Crippen molar-refractivity contribution < 1.29 is 18.0 Å². The third-order valence-electron chi connectivity index (χ3n) is 8.99. The van der Waals surface area contributed by atoms with Gasteiger partial charge in [-0.2, -0.15) is 0 Å². The van der Waals surface area contributed by atoms with E-state index in [1.54, 1.807) is 12.1 Å². The molecular formula is C31H40N4O4S. The highest BCUT2D eigenvalue weighted by molar-refractivity contribution is 7.89. The summed E-state index contributed by atoms with van der Waals surface area (Å²) in [5, 5.41) is 3.05. The molecule has 2 aliphatic heterocycles. The highest BCUT2D eigenvalue weighted by atomic mass is 32.2. The van der Waals surface area contributed by atoms with Crippen LogP contribution in [-0.4, -0.2) is 44.9 Å². The molecule has 3 fully saturated rings. The van der Waals surface area contributed by atoms with E-state index in [9.17, 15) is 18.0 Å². The van der Waals surface area contributed by atoms with Crippen LogP contribution >= 0.6 is 0 Å². The first-order chi connectivity index (χ1) is 18.9. The Morgan fingerprint density at radius 2 is 1.65 bits per heavy atom. The number of carbonyl (C=O) groups is 2. The highest BCUT2D eigenvalue weighted by Gasteiger charge is 2.45. The van der Waals surface area contributed by atoms with Gasteiger partial charge >= 0.3 is 0 Å². The highest BCUT2D eigenvalue weighted by Crippen LogP contribution is 2.54. The van der Waals surface area contributed by atoms with Crippen molar-refractivity contribution in [1.82, 2.24) is 4.72 Å². The molecule has 2 aliphatic carbocycles. The first-order valence-electron chi connectivity index (χ1n) is 14.6. The zero-order chi connectivity index (χ0) is 28.3. The van der Waals surface area contributed by atoms with Gasteiger partial charge < -0.3 is 15.1 Å². The molecule has 40 heavy (non-hydrogen) atoms. The molecular weight excluding hydrogens is 524 g/mol. The summed E-state index contributed by atoms with van der Waals surface area (Å²) in [6.07, 6.45) is 9.34. The van der Waals surface area contributed by atoms with Gasteiger partial charge in [0.25, 0.3) is 5.91 Å². The summed E-state index contributed by atoms with van der Waals surface area (Å²) in [5.74, 6) is -0.155. The summed E-state index contributed by atoms with van der Waals surface area (Å²) < 4.78 is 29.1. The van der Waals surface area contributed by atoms with E-state index in [-0.39, 0.29) is 22.8 Å². The molecule has 214 valence electrons. The molecule has 4 aliphatic rings. The van der Waals surface area contributed by atoms with Crippen LogP contribution in [0.2, 0.25) is 0 Å². The molecule has 0 atom stereocenters. The SMILES string of the molecule is CC(C)(C)NS(=O)(=O)c1ccc(C(=O)Nc2ccc3c(c2)N(C2CCCC2)C(=O)C3)c(N2CCC3(CC2)CC3)c1. The number of carbonyl (C=O) groups excluding carboxylic acids is 2. The van der Waals surface area contributed by atoms with Crippen LogP contribution in [0.3, 0.4) is 0 Å². The average molecular weight is 565 g/mol. The quantitative estimate of drug-likeness (QED) is 0.501. The Hall–Kier alpha value is -2.91. The minimum atomic E-state index is -3.76. The van der Waals surface area contributed by atoms with Crippen LogP contribution in [0.5, 0.6) is 0 Å². The minimum Gasteiger partial charge on any atom is -0.371 e. The zero-order valence-electron chi connectivity index (χ0n) is 23.8. The maximum Gasteiger partial charge on any atom is 0.257 e. The number of anilines is 3. The number of hydrogen-bond donors (Lipinski definition) is 2. The van der Waals surface area contributed by atoms with Gasteiger partial charge in [-0.15, -0.1) is 0 Å². The standard InChI is InChI=1S/C31H40N4O4S/c1-30(2,3)33-40(38,39)24-10-11-25(27(20-24)34-16-14-31(12-13-31)15-17-34)29(37)32-22-9-8-21-18-28(36)35(26(21)19-22)23-6-4-5-7-23/h8-11,19-20,23,33H,4-7,12-18H2,1-3H3,(H,32,37). The Morgan fingerprint density at radius 1 is 0.950 bits per heavy atom. The molecule has 2 aromatic carbocycles. The third kappa shape index (κ3) is 5.38. The molecule has 0 aromatic heterocycles. The Bertz CT molecular complexity index is 1440. The largest absolute Gasteiger partial charge is 0.371 e. The fourth-order valence-electron chi connectivity index (χ4n) is 6.65. The van der Waals surface area contributed by atoms with Crippen LogP contribution in [0.4, 0.5) is 17.1 Å². The summed E-state index contributed by atoms with van der Waals surface area (Å²) >= 11 is 0. The molecule has 2 N–H and O–H groups in total. The number of piperidine rings is 1. The third-order valence-corrected chi connectivity index (χ3v) is 10.7. The van der Waals surface area contributed by atoms with E-state index in [2.05, 4.69) is 14.9 Å².